The summed E-state index contributed by atoms with van der Waals surface area (Å²) in [6.07, 6.45) is 10.4. The molecule has 0 spiro atoms. The van der Waals surface area contributed by atoms with Crippen molar-refractivity contribution in [3.63, 3.8) is 0 Å². The number of hydrogen-bond acceptors (Lipinski definition) is 5. The summed E-state index contributed by atoms with van der Waals surface area (Å²) in [6.45, 7) is 24.5. The summed E-state index contributed by atoms with van der Waals surface area (Å²) < 4.78 is 4.76. The Hall–Kier alpha value is -0.940. The van der Waals surface area contributed by atoms with E-state index in [0.29, 0.717) is 12.8 Å². The Morgan fingerprint density at radius 2 is 0.750 bits per heavy atom. The Balaban J connectivity index is -0.000000491. The molecule has 0 aromatic rings. The first-order valence-corrected chi connectivity index (χ1v) is 13.6. The van der Waals surface area contributed by atoms with E-state index >= 15 is 0 Å². The van der Waals surface area contributed by atoms with Crippen LogP contribution in [0.3, 0.4) is 0 Å². The average molecular weight is 459 g/mol. The van der Waals surface area contributed by atoms with Crippen molar-refractivity contribution in [2.24, 2.45) is 0 Å². The first kappa shape index (κ1) is 35.6. The fourth-order valence-corrected chi connectivity index (χ4v) is 3.14. The first-order chi connectivity index (χ1) is 15.4. The molecule has 0 aromatic heterocycles. The summed E-state index contributed by atoms with van der Waals surface area (Å²) in [6, 6.07) is 0. The van der Waals surface area contributed by atoms with E-state index in [1.165, 1.54) is 52.1 Å². The van der Waals surface area contributed by atoms with Gasteiger partial charge in [-0.25, -0.2) is 0 Å². The third-order valence-corrected chi connectivity index (χ3v) is 5.63. The summed E-state index contributed by atoms with van der Waals surface area (Å²) in [7, 11) is 0. The molecule has 0 aliphatic rings. The summed E-state index contributed by atoms with van der Waals surface area (Å²) in [4.78, 5) is 27.4. The van der Waals surface area contributed by atoms with Gasteiger partial charge in [-0.2, -0.15) is 0 Å². The highest BCUT2D eigenvalue weighted by Crippen LogP contribution is 2.07. The molecule has 5 heteroatoms. The maximum absolute atomic E-state index is 11.3. The van der Waals surface area contributed by atoms with Gasteiger partial charge in [-0.3, -0.25) is 9.59 Å². The van der Waals surface area contributed by atoms with Crippen LogP contribution in [-0.2, 0) is 14.3 Å². The summed E-state index contributed by atoms with van der Waals surface area (Å²) in [5.41, 5.74) is 0. The third-order valence-electron chi connectivity index (χ3n) is 5.63. The van der Waals surface area contributed by atoms with Crippen molar-refractivity contribution in [2.45, 2.75) is 126 Å². The van der Waals surface area contributed by atoms with E-state index in [0.717, 1.165) is 44.9 Å². The van der Waals surface area contributed by atoms with Gasteiger partial charge in [0.2, 0.25) is 0 Å². The number of esters is 2. The van der Waals surface area contributed by atoms with Gasteiger partial charge in [-0.05, 0) is 52.1 Å². The van der Waals surface area contributed by atoms with Gasteiger partial charge in [0.25, 0.3) is 0 Å². The maximum Gasteiger partial charge on any atom is 0.313 e. The molecular formula is C27H58N2O3. The second-order valence-electron chi connectivity index (χ2n) is 8.06. The number of hydrogen-bond donors (Lipinski definition) is 0. The smallest absolute Gasteiger partial charge is 0.313 e. The Morgan fingerprint density at radius 3 is 1.00 bits per heavy atom. The van der Waals surface area contributed by atoms with Crippen LogP contribution in [0.2, 0.25) is 0 Å². The van der Waals surface area contributed by atoms with Gasteiger partial charge in [0.1, 0.15) is 0 Å². The van der Waals surface area contributed by atoms with E-state index in [9.17, 15) is 9.59 Å². The Morgan fingerprint density at radius 1 is 0.469 bits per heavy atom. The highest BCUT2D eigenvalue weighted by atomic mass is 16.6. The molecule has 0 atom stereocenters. The SMILES string of the molecule is CCCCCCCC(=O)OC(=O)CCCCCC.CCN(CC)CC.CCN(CC)CC. The van der Waals surface area contributed by atoms with Gasteiger partial charge < -0.3 is 14.5 Å². The van der Waals surface area contributed by atoms with Crippen molar-refractivity contribution in [1.82, 2.24) is 9.80 Å². The van der Waals surface area contributed by atoms with Gasteiger partial charge in [-0.1, -0.05) is 100 Å². The second-order valence-corrected chi connectivity index (χ2v) is 8.06. The largest absolute Gasteiger partial charge is 0.393 e. The zero-order valence-electron chi connectivity index (χ0n) is 23.1. The van der Waals surface area contributed by atoms with Crippen molar-refractivity contribution < 1.29 is 14.3 Å². The van der Waals surface area contributed by atoms with Crippen LogP contribution in [0.4, 0.5) is 0 Å². The minimum atomic E-state index is -0.357. The van der Waals surface area contributed by atoms with Crippen LogP contribution in [0.1, 0.15) is 126 Å². The molecule has 0 aliphatic carbocycles. The highest BCUT2D eigenvalue weighted by molar-refractivity contribution is 5.85. The van der Waals surface area contributed by atoms with Gasteiger partial charge in [0.15, 0.2) is 0 Å². The number of rotatable bonds is 17. The first-order valence-electron chi connectivity index (χ1n) is 13.6. The molecule has 0 heterocycles. The van der Waals surface area contributed by atoms with Crippen LogP contribution >= 0.6 is 0 Å². The summed E-state index contributed by atoms with van der Waals surface area (Å²) in [5.74, 6) is -0.711. The van der Waals surface area contributed by atoms with Crippen LogP contribution in [0, 0.1) is 0 Å². The molecule has 5 nitrogen and oxygen atoms in total. The van der Waals surface area contributed by atoms with Gasteiger partial charge in [-0.15, -0.1) is 0 Å². The van der Waals surface area contributed by atoms with Crippen molar-refractivity contribution in [1.29, 1.82) is 0 Å². The van der Waals surface area contributed by atoms with Crippen molar-refractivity contribution in [2.75, 3.05) is 39.3 Å². The molecule has 194 valence electrons. The van der Waals surface area contributed by atoms with Crippen molar-refractivity contribution >= 4 is 11.9 Å². The molecule has 0 aliphatic heterocycles. The lowest BCUT2D eigenvalue weighted by Gasteiger charge is -2.13. The normalized spacial score (nSPS) is 10.3. The van der Waals surface area contributed by atoms with E-state index in [2.05, 4.69) is 65.2 Å². The molecule has 0 fully saturated rings. The molecule has 0 unspecified atom stereocenters. The van der Waals surface area contributed by atoms with E-state index in [4.69, 9.17) is 4.74 Å². The van der Waals surface area contributed by atoms with Crippen LogP contribution in [0.5, 0.6) is 0 Å². The monoisotopic (exact) mass is 458 g/mol. The Bertz CT molecular complexity index is 358. The molecule has 0 bridgehead atoms. The van der Waals surface area contributed by atoms with E-state index < -0.39 is 0 Å². The standard InChI is InChI=1S/C15H28O3.2C6H15N/c1-3-5-7-9-11-13-15(17)18-14(16)12-10-8-6-4-2;2*1-4-7(5-2)6-3/h3-13H2,1-2H3;2*4-6H2,1-3H3. The lowest BCUT2D eigenvalue weighted by atomic mass is 10.1. The molecule has 0 aromatic carbocycles. The summed E-state index contributed by atoms with van der Waals surface area (Å²) >= 11 is 0. The topological polar surface area (TPSA) is 49.9 Å². The van der Waals surface area contributed by atoms with E-state index in [1.54, 1.807) is 0 Å². The molecule has 0 radical (unpaired) electrons. The molecule has 0 rings (SSSR count). The van der Waals surface area contributed by atoms with Crippen molar-refractivity contribution in [3.05, 3.63) is 0 Å². The molecular weight excluding hydrogens is 400 g/mol. The van der Waals surface area contributed by atoms with E-state index in [1.807, 2.05) is 0 Å². The Labute approximate surface area is 201 Å². The minimum absolute atomic E-state index is 0.355. The molecule has 0 saturated carbocycles. The fourth-order valence-electron chi connectivity index (χ4n) is 3.14. The lowest BCUT2D eigenvalue weighted by Crippen LogP contribution is -2.21. The van der Waals surface area contributed by atoms with Gasteiger partial charge in [0.05, 0.1) is 0 Å². The van der Waals surface area contributed by atoms with Gasteiger partial charge >= 0.3 is 11.9 Å². The van der Waals surface area contributed by atoms with Crippen LogP contribution < -0.4 is 0 Å². The fraction of sp³-hybridized carbons (Fsp3) is 0.926. The molecule has 0 saturated heterocycles. The maximum atomic E-state index is 11.3. The minimum Gasteiger partial charge on any atom is -0.393 e. The zero-order valence-corrected chi connectivity index (χ0v) is 23.1. The highest BCUT2D eigenvalue weighted by Gasteiger charge is 2.09. The van der Waals surface area contributed by atoms with Crippen LogP contribution in [-0.4, -0.2) is 61.0 Å². The average Bonchev–Trinajstić information content (AvgIpc) is 2.80. The number of carbonyl (C=O) groups excluding carboxylic acids is 2. The molecule has 0 N–H and O–H groups in total. The Kier molecular flexibility index (Phi) is 33.5. The summed E-state index contributed by atoms with van der Waals surface area (Å²) in [5, 5.41) is 0. The number of nitrogens with zero attached hydrogens (tertiary/aromatic N) is 2. The predicted molar refractivity (Wildman–Crippen MR) is 140 cm³/mol. The second kappa shape index (κ2) is 30.1. The number of ether oxygens (including phenoxy) is 1. The molecule has 0 amide bonds. The zero-order chi connectivity index (χ0) is 25.0. The van der Waals surface area contributed by atoms with Gasteiger partial charge in [0, 0.05) is 12.8 Å². The van der Waals surface area contributed by atoms with E-state index in [-0.39, 0.29) is 11.9 Å². The van der Waals surface area contributed by atoms with Crippen LogP contribution in [0.15, 0.2) is 0 Å². The quantitative estimate of drug-likeness (QED) is 0.132. The lowest BCUT2D eigenvalue weighted by molar-refractivity contribution is -0.159. The van der Waals surface area contributed by atoms with Crippen LogP contribution in [0.25, 0.3) is 0 Å². The number of unbranched alkanes of at least 4 members (excludes halogenated alkanes) is 7. The molecule has 32 heavy (non-hydrogen) atoms. The predicted octanol–water partition coefficient (Wildman–Crippen LogP) is 7.08. The van der Waals surface area contributed by atoms with Crippen molar-refractivity contribution in [3.8, 4) is 0 Å². The number of carbonyl (C=O) groups is 2. The third kappa shape index (κ3) is 29.1.